The molecule has 0 amide bonds. The molecule has 0 aliphatic heterocycles. The topological polar surface area (TPSA) is 26.7 Å². The van der Waals surface area contributed by atoms with Crippen molar-refractivity contribution < 1.29 is 5.11 Å². The number of hydrogen-bond acceptors (Lipinski definition) is 3. The van der Waals surface area contributed by atoms with E-state index in [-0.39, 0.29) is 6.61 Å². The van der Waals surface area contributed by atoms with Gasteiger partial charge in [0.25, 0.3) is 0 Å². The van der Waals surface area contributed by atoms with Crippen LogP contribution in [0.25, 0.3) is 0 Å². The lowest BCUT2D eigenvalue weighted by molar-refractivity contribution is 0.302. The molecule has 1 N–H and O–H groups in total. The van der Waals surface area contributed by atoms with Crippen LogP contribution in [0.5, 0.6) is 0 Å². The summed E-state index contributed by atoms with van der Waals surface area (Å²) >= 11 is 0. The summed E-state index contributed by atoms with van der Waals surface area (Å²) in [6.07, 6.45) is 0. The van der Waals surface area contributed by atoms with Gasteiger partial charge in [-0.3, -0.25) is 0 Å². The molecule has 0 bridgehead atoms. The predicted molar refractivity (Wildman–Crippen MR) is 75.0 cm³/mol. The van der Waals surface area contributed by atoms with Crippen LogP contribution in [0.15, 0.2) is 24.3 Å². The Labute approximate surface area is 105 Å². The van der Waals surface area contributed by atoms with Crippen LogP contribution in [0.1, 0.15) is 20.8 Å². The summed E-state index contributed by atoms with van der Waals surface area (Å²) in [4.78, 5) is 4.50. The third-order valence-corrected chi connectivity index (χ3v) is 3.10. The molecule has 0 heterocycles. The van der Waals surface area contributed by atoms with Crippen molar-refractivity contribution in [3.63, 3.8) is 0 Å². The summed E-state index contributed by atoms with van der Waals surface area (Å²) in [5.41, 5.74) is 2.44. The van der Waals surface area contributed by atoms with E-state index >= 15 is 0 Å². The van der Waals surface area contributed by atoms with Crippen molar-refractivity contribution in [3.05, 3.63) is 24.3 Å². The van der Waals surface area contributed by atoms with Crippen LogP contribution in [0.3, 0.4) is 0 Å². The SMILES string of the molecule is CCN(CC)c1ccc(N(CC)CCO)cc1. The maximum Gasteiger partial charge on any atom is 0.0606 e. The Hall–Kier alpha value is -1.22. The van der Waals surface area contributed by atoms with Crippen LogP contribution < -0.4 is 9.80 Å². The van der Waals surface area contributed by atoms with E-state index in [2.05, 4.69) is 54.8 Å². The molecule has 0 saturated heterocycles. The zero-order chi connectivity index (χ0) is 12.7. The van der Waals surface area contributed by atoms with Gasteiger partial charge in [0.2, 0.25) is 0 Å². The molecule has 1 rings (SSSR count). The zero-order valence-corrected chi connectivity index (χ0v) is 11.2. The molecule has 1 aromatic rings. The molecule has 0 unspecified atom stereocenters. The summed E-state index contributed by atoms with van der Waals surface area (Å²) in [5.74, 6) is 0. The van der Waals surface area contributed by atoms with Gasteiger partial charge in [-0.25, -0.2) is 0 Å². The fraction of sp³-hybridized carbons (Fsp3) is 0.571. The van der Waals surface area contributed by atoms with Crippen molar-refractivity contribution in [2.75, 3.05) is 42.6 Å². The molecule has 17 heavy (non-hydrogen) atoms. The monoisotopic (exact) mass is 236 g/mol. The van der Waals surface area contributed by atoms with Crippen LogP contribution in [-0.4, -0.2) is 37.9 Å². The van der Waals surface area contributed by atoms with Gasteiger partial charge in [-0.2, -0.15) is 0 Å². The molecule has 0 fully saturated rings. The van der Waals surface area contributed by atoms with Crippen LogP contribution in [-0.2, 0) is 0 Å². The Morgan fingerprint density at radius 3 is 1.59 bits per heavy atom. The predicted octanol–water partition coefficient (Wildman–Crippen LogP) is 2.35. The largest absolute Gasteiger partial charge is 0.395 e. The Morgan fingerprint density at radius 1 is 0.824 bits per heavy atom. The highest BCUT2D eigenvalue weighted by molar-refractivity contribution is 5.56. The Bertz CT molecular complexity index is 307. The van der Waals surface area contributed by atoms with E-state index in [9.17, 15) is 0 Å². The summed E-state index contributed by atoms with van der Waals surface area (Å²) in [6, 6.07) is 8.57. The molecule has 0 spiro atoms. The molecule has 0 aromatic heterocycles. The molecular formula is C14H24N2O. The third-order valence-electron chi connectivity index (χ3n) is 3.10. The summed E-state index contributed by atoms with van der Waals surface area (Å²) < 4.78 is 0. The lowest BCUT2D eigenvalue weighted by Gasteiger charge is -2.25. The smallest absolute Gasteiger partial charge is 0.0606 e. The number of aliphatic hydroxyl groups excluding tert-OH is 1. The standard InChI is InChI=1S/C14H24N2O/c1-4-15(5-2)13-7-9-14(10-8-13)16(6-3)11-12-17/h7-10,17H,4-6,11-12H2,1-3H3. The van der Waals surface area contributed by atoms with Crippen LogP contribution in [0.2, 0.25) is 0 Å². The molecule has 3 nitrogen and oxygen atoms in total. The number of aliphatic hydroxyl groups is 1. The van der Waals surface area contributed by atoms with Crippen molar-refractivity contribution in [1.29, 1.82) is 0 Å². The number of rotatable bonds is 7. The number of nitrogens with zero attached hydrogens (tertiary/aromatic N) is 2. The summed E-state index contributed by atoms with van der Waals surface area (Å²) in [5, 5.41) is 9.00. The van der Waals surface area contributed by atoms with Crippen molar-refractivity contribution in [1.82, 2.24) is 0 Å². The maximum absolute atomic E-state index is 9.00. The van der Waals surface area contributed by atoms with Crippen LogP contribution in [0.4, 0.5) is 11.4 Å². The Morgan fingerprint density at radius 2 is 1.24 bits per heavy atom. The second-order valence-electron chi connectivity index (χ2n) is 3.99. The number of benzene rings is 1. The quantitative estimate of drug-likeness (QED) is 0.787. The summed E-state index contributed by atoms with van der Waals surface area (Å²) in [7, 11) is 0. The van der Waals surface area contributed by atoms with Gasteiger partial charge in [0.15, 0.2) is 0 Å². The lowest BCUT2D eigenvalue weighted by Crippen LogP contribution is -2.26. The highest BCUT2D eigenvalue weighted by Crippen LogP contribution is 2.20. The normalized spacial score (nSPS) is 10.4. The third kappa shape index (κ3) is 3.63. The molecule has 1 aromatic carbocycles. The van der Waals surface area contributed by atoms with E-state index in [4.69, 9.17) is 5.11 Å². The number of likely N-dealkylation sites (N-methyl/N-ethyl adjacent to an activating group) is 1. The van der Waals surface area contributed by atoms with Crippen molar-refractivity contribution in [2.24, 2.45) is 0 Å². The first kappa shape index (κ1) is 13.8. The highest BCUT2D eigenvalue weighted by Gasteiger charge is 2.05. The van der Waals surface area contributed by atoms with Crippen molar-refractivity contribution in [3.8, 4) is 0 Å². The Kier molecular flexibility index (Phi) is 5.84. The van der Waals surface area contributed by atoms with Gasteiger partial charge in [-0.15, -0.1) is 0 Å². The van der Waals surface area contributed by atoms with Gasteiger partial charge in [0, 0.05) is 37.6 Å². The van der Waals surface area contributed by atoms with Gasteiger partial charge in [-0.1, -0.05) is 0 Å². The first-order chi connectivity index (χ1) is 8.26. The second-order valence-corrected chi connectivity index (χ2v) is 3.99. The Balaban J connectivity index is 2.78. The fourth-order valence-corrected chi connectivity index (χ4v) is 2.05. The molecule has 0 atom stereocenters. The first-order valence-corrected chi connectivity index (χ1v) is 6.47. The molecule has 0 radical (unpaired) electrons. The van der Waals surface area contributed by atoms with E-state index in [1.54, 1.807) is 0 Å². The van der Waals surface area contributed by atoms with E-state index < -0.39 is 0 Å². The second kappa shape index (κ2) is 7.17. The van der Waals surface area contributed by atoms with Gasteiger partial charge in [-0.05, 0) is 45.0 Å². The molecule has 3 heteroatoms. The molecule has 0 saturated carbocycles. The molecule has 0 aliphatic carbocycles. The first-order valence-electron chi connectivity index (χ1n) is 6.47. The lowest BCUT2D eigenvalue weighted by atomic mass is 10.2. The van der Waals surface area contributed by atoms with E-state index in [1.165, 1.54) is 11.4 Å². The van der Waals surface area contributed by atoms with E-state index in [1.807, 2.05) is 0 Å². The minimum absolute atomic E-state index is 0.200. The van der Waals surface area contributed by atoms with Crippen molar-refractivity contribution in [2.45, 2.75) is 20.8 Å². The minimum Gasteiger partial charge on any atom is -0.395 e. The number of hydrogen-bond donors (Lipinski definition) is 1. The average molecular weight is 236 g/mol. The van der Waals surface area contributed by atoms with Crippen LogP contribution in [0, 0.1) is 0 Å². The summed E-state index contributed by atoms with van der Waals surface area (Å²) in [6.45, 7) is 10.3. The molecular weight excluding hydrogens is 212 g/mol. The van der Waals surface area contributed by atoms with Crippen molar-refractivity contribution >= 4 is 11.4 Å². The van der Waals surface area contributed by atoms with Gasteiger partial charge < -0.3 is 14.9 Å². The molecule has 96 valence electrons. The number of anilines is 2. The van der Waals surface area contributed by atoms with Gasteiger partial charge in [0.05, 0.1) is 6.61 Å². The highest BCUT2D eigenvalue weighted by atomic mass is 16.3. The maximum atomic E-state index is 9.00. The van der Waals surface area contributed by atoms with Gasteiger partial charge >= 0.3 is 0 Å². The fourth-order valence-electron chi connectivity index (χ4n) is 2.05. The van der Waals surface area contributed by atoms with E-state index in [0.717, 1.165) is 19.6 Å². The van der Waals surface area contributed by atoms with Crippen LogP contribution >= 0.6 is 0 Å². The van der Waals surface area contributed by atoms with E-state index in [0.29, 0.717) is 6.54 Å². The van der Waals surface area contributed by atoms with Gasteiger partial charge in [0.1, 0.15) is 0 Å². The molecule has 0 aliphatic rings. The minimum atomic E-state index is 0.200. The average Bonchev–Trinajstić information content (AvgIpc) is 2.38. The zero-order valence-electron chi connectivity index (χ0n) is 11.2.